The Hall–Kier alpha value is -1.33. The van der Waals surface area contributed by atoms with E-state index in [9.17, 15) is 0 Å². The predicted octanol–water partition coefficient (Wildman–Crippen LogP) is 3.08. The lowest BCUT2D eigenvalue weighted by Crippen LogP contribution is -1.72. The first kappa shape index (κ1) is 7.33. The largest absolute Gasteiger partial charge is 0.192 e. The molecule has 1 aromatic carbocycles. The Morgan fingerprint density at radius 2 is 2.25 bits per heavy atom. The zero-order valence-corrected chi connectivity index (χ0v) is 7.48. The molecule has 0 spiro atoms. The van der Waals surface area contributed by atoms with Crippen LogP contribution in [-0.4, -0.2) is 0 Å². The van der Waals surface area contributed by atoms with Crippen molar-refractivity contribution < 1.29 is 0 Å². The molecule has 0 aliphatic rings. The van der Waals surface area contributed by atoms with Gasteiger partial charge in [-0.15, -0.1) is 11.3 Å². The topological polar surface area (TPSA) is 23.8 Å². The third kappa shape index (κ3) is 0.992. The molecule has 1 heterocycles. The van der Waals surface area contributed by atoms with E-state index in [-0.39, 0.29) is 0 Å². The van der Waals surface area contributed by atoms with Crippen LogP contribution in [0.3, 0.4) is 0 Å². The number of aryl methyl sites for hydroxylation is 1. The maximum atomic E-state index is 8.68. The molecule has 0 unspecified atom stereocenters. The number of nitriles is 1. The van der Waals surface area contributed by atoms with Crippen molar-refractivity contribution in [3.05, 3.63) is 34.7 Å². The van der Waals surface area contributed by atoms with E-state index in [1.165, 1.54) is 15.6 Å². The highest BCUT2D eigenvalue weighted by Gasteiger charge is 1.99. The summed E-state index contributed by atoms with van der Waals surface area (Å²) in [6.07, 6.45) is 0. The van der Waals surface area contributed by atoms with Crippen LogP contribution in [0.2, 0.25) is 0 Å². The van der Waals surface area contributed by atoms with Gasteiger partial charge in [0.25, 0.3) is 0 Å². The van der Waals surface area contributed by atoms with Gasteiger partial charge in [-0.3, -0.25) is 0 Å². The molecule has 12 heavy (non-hydrogen) atoms. The van der Waals surface area contributed by atoms with Crippen molar-refractivity contribution in [1.29, 1.82) is 5.26 Å². The molecule has 0 amide bonds. The van der Waals surface area contributed by atoms with Crippen LogP contribution in [0.4, 0.5) is 0 Å². The minimum absolute atomic E-state index is 0.740. The molecular weight excluding hydrogens is 166 g/mol. The summed E-state index contributed by atoms with van der Waals surface area (Å²) in [5.74, 6) is 0. The van der Waals surface area contributed by atoms with Gasteiger partial charge in [-0.25, -0.2) is 0 Å². The van der Waals surface area contributed by atoms with E-state index in [1.54, 1.807) is 11.3 Å². The van der Waals surface area contributed by atoms with Gasteiger partial charge in [0.15, 0.2) is 0 Å². The van der Waals surface area contributed by atoms with E-state index in [0.29, 0.717) is 0 Å². The minimum Gasteiger partial charge on any atom is -0.192 e. The summed E-state index contributed by atoms with van der Waals surface area (Å²) in [6.45, 7) is 2.07. The molecule has 58 valence electrons. The van der Waals surface area contributed by atoms with E-state index in [2.05, 4.69) is 18.4 Å². The van der Waals surface area contributed by atoms with Gasteiger partial charge in [-0.1, -0.05) is 0 Å². The smallest absolute Gasteiger partial charge is 0.0991 e. The lowest BCUT2D eigenvalue weighted by atomic mass is 10.1. The van der Waals surface area contributed by atoms with Crippen molar-refractivity contribution in [3.63, 3.8) is 0 Å². The van der Waals surface area contributed by atoms with Crippen LogP contribution in [0, 0.1) is 18.3 Å². The maximum absolute atomic E-state index is 8.68. The SMILES string of the molecule is Cc1csc2ccc(C#N)cc12. The fourth-order valence-corrected chi connectivity index (χ4v) is 2.15. The molecule has 1 aromatic heterocycles. The zero-order valence-electron chi connectivity index (χ0n) is 6.66. The summed E-state index contributed by atoms with van der Waals surface area (Å²) >= 11 is 1.72. The van der Waals surface area contributed by atoms with E-state index < -0.39 is 0 Å². The first-order chi connectivity index (χ1) is 5.81. The monoisotopic (exact) mass is 173 g/mol. The molecule has 0 fully saturated rings. The van der Waals surface area contributed by atoms with Crippen molar-refractivity contribution in [3.8, 4) is 6.07 Å². The zero-order chi connectivity index (χ0) is 8.55. The van der Waals surface area contributed by atoms with Crippen LogP contribution in [0.1, 0.15) is 11.1 Å². The fourth-order valence-electron chi connectivity index (χ4n) is 1.23. The van der Waals surface area contributed by atoms with Crippen LogP contribution in [0.15, 0.2) is 23.6 Å². The molecule has 0 saturated heterocycles. The first-order valence-electron chi connectivity index (χ1n) is 3.69. The van der Waals surface area contributed by atoms with E-state index >= 15 is 0 Å². The number of nitrogens with zero attached hydrogens (tertiary/aromatic N) is 1. The lowest BCUT2D eigenvalue weighted by molar-refractivity contribution is 1.49. The fraction of sp³-hybridized carbons (Fsp3) is 0.100. The first-order valence-corrected chi connectivity index (χ1v) is 4.57. The van der Waals surface area contributed by atoms with Gasteiger partial charge in [-0.2, -0.15) is 5.26 Å². The summed E-state index contributed by atoms with van der Waals surface area (Å²) < 4.78 is 1.26. The summed E-state index contributed by atoms with van der Waals surface area (Å²) in [4.78, 5) is 0. The Morgan fingerprint density at radius 3 is 3.00 bits per heavy atom. The van der Waals surface area contributed by atoms with Crippen molar-refractivity contribution in [2.24, 2.45) is 0 Å². The number of hydrogen-bond donors (Lipinski definition) is 0. The van der Waals surface area contributed by atoms with Crippen LogP contribution < -0.4 is 0 Å². The maximum Gasteiger partial charge on any atom is 0.0991 e. The second-order valence-corrected chi connectivity index (χ2v) is 3.65. The van der Waals surface area contributed by atoms with Crippen molar-refractivity contribution >= 4 is 21.4 Å². The van der Waals surface area contributed by atoms with Crippen LogP contribution in [0.5, 0.6) is 0 Å². The van der Waals surface area contributed by atoms with Gasteiger partial charge < -0.3 is 0 Å². The Morgan fingerprint density at radius 1 is 1.42 bits per heavy atom. The second-order valence-electron chi connectivity index (χ2n) is 2.74. The number of hydrogen-bond acceptors (Lipinski definition) is 2. The highest BCUT2D eigenvalue weighted by Crippen LogP contribution is 2.25. The number of fused-ring (bicyclic) bond motifs is 1. The molecule has 2 aromatic rings. The Balaban J connectivity index is 2.82. The van der Waals surface area contributed by atoms with Gasteiger partial charge in [-0.05, 0) is 41.5 Å². The number of benzene rings is 1. The molecule has 0 radical (unpaired) electrons. The van der Waals surface area contributed by atoms with Crippen LogP contribution in [0.25, 0.3) is 10.1 Å². The molecule has 0 saturated carbocycles. The third-order valence-electron chi connectivity index (χ3n) is 1.90. The number of rotatable bonds is 0. The highest BCUT2D eigenvalue weighted by molar-refractivity contribution is 7.17. The predicted molar refractivity (Wildman–Crippen MR) is 51.3 cm³/mol. The second kappa shape index (κ2) is 2.62. The summed E-state index contributed by atoms with van der Waals surface area (Å²) in [7, 11) is 0. The summed E-state index contributed by atoms with van der Waals surface area (Å²) in [5.41, 5.74) is 2.00. The lowest BCUT2D eigenvalue weighted by Gasteiger charge is -1.91. The van der Waals surface area contributed by atoms with E-state index in [4.69, 9.17) is 5.26 Å². The summed E-state index contributed by atoms with van der Waals surface area (Å²) in [5, 5.41) is 12.0. The Kier molecular flexibility index (Phi) is 1.60. The Bertz CT molecular complexity index is 462. The van der Waals surface area contributed by atoms with Gasteiger partial charge >= 0.3 is 0 Å². The third-order valence-corrected chi connectivity index (χ3v) is 2.98. The molecule has 0 N–H and O–H groups in total. The highest BCUT2D eigenvalue weighted by atomic mass is 32.1. The van der Waals surface area contributed by atoms with Gasteiger partial charge in [0.2, 0.25) is 0 Å². The van der Waals surface area contributed by atoms with E-state index in [0.717, 1.165) is 5.56 Å². The quantitative estimate of drug-likeness (QED) is 0.600. The standard InChI is InChI=1S/C10H7NS/c1-7-6-12-10-3-2-8(5-11)4-9(7)10/h2-4,6H,1H3. The van der Waals surface area contributed by atoms with Gasteiger partial charge in [0.05, 0.1) is 11.6 Å². The number of thiophene rings is 1. The van der Waals surface area contributed by atoms with Crippen LogP contribution >= 0.6 is 11.3 Å². The minimum atomic E-state index is 0.740. The van der Waals surface area contributed by atoms with Crippen molar-refractivity contribution in [2.45, 2.75) is 6.92 Å². The molecule has 0 aliphatic heterocycles. The molecule has 1 nitrogen and oxygen atoms in total. The average molecular weight is 173 g/mol. The summed E-state index contributed by atoms with van der Waals surface area (Å²) in [6, 6.07) is 7.95. The van der Waals surface area contributed by atoms with Gasteiger partial charge in [0.1, 0.15) is 0 Å². The molecule has 0 atom stereocenters. The molecule has 0 aliphatic carbocycles. The average Bonchev–Trinajstić information content (AvgIpc) is 2.47. The van der Waals surface area contributed by atoms with Crippen LogP contribution in [-0.2, 0) is 0 Å². The van der Waals surface area contributed by atoms with Gasteiger partial charge in [0, 0.05) is 4.70 Å². The van der Waals surface area contributed by atoms with Crippen molar-refractivity contribution in [1.82, 2.24) is 0 Å². The Labute approximate surface area is 74.9 Å². The normalized spacial score (nSPS) is 10.0. The van der Waals surface area contributed by atoms with Crippen molar-refractivity contribution in [2.75, 3.05) is 0 Å². The molecule has 0 bridgehead atoms. The molecule has 2 rings (SSSR count). The molecular formula is C10H7NS. The van der Waals surface area contributed by atoms with E-state index in [1.807, 2.05) is 18.2 Å². The molecule has 2 heteroatoms.